The van der Waals surface area contributed by atoms with Gasteiger partial charge in [-0.15, -0.1) is 12.4 Å². The third-order valence-electron chi connectivity index (χ3n) is 3.05. The van der Waals surface area contributed by atoms with E-state index in [1.54, 1.807) is 23.4 Å². The monoisotopic (exact) mass is 333 g/mol. The lowest BCUT2D eigenvalue weighted by Gasteiger charge is -2.29. The molecule has 0 spiro atoms. The van der Waals surface area contributed by atoms with E-state index in [1.807, 2.05) is 19.2 Å². The highest BCUT2D eigenvalue weighted by Crippen LogP contribution is 2.14. The fourth-order valence-electron chi connectivity index (χ4n) is 1.76. The molecule has 21 heavy (non-hydrogen) atoms. The molecule has 0 atom stereocenters. The lowest BCUT2D eigenvalue weighted by atomic mass is 9.93. The lowest BCUT2D eigenvalue weighted by Crippen LogP contribution is -2.40. The molecular formula is C14H24ClN3O2S. The fourth-order valence-corrected chi connectivity index (χ4v) is 2.40. The van der Waals surface area contributed by atoms with Crippen molar-refractivity contribution in [3.05, 3.63) is 22.4 Å². The second-order valence-electron chi connectivity index (χ2n) is 5.64. The standard InChI is InChI=1S/C14H23N3O2S.ClH/c1-14(2,9-15)10-17(3)12(18)4-6-16-13(19)11-5-7-20-8-11;/h5,7-8H,4,6,9-10,15H2,1-3H3,(H,16,19);1H. The van der Waals surface area contributed by atoms with Crippen molar-refractivity contribution in [2.24, 2.45) is 11.1 Å². The Morgan fingerprint density at radius 1 is 1.43 bits per heavy atom. The van der Waals surface area contributed by atoms with Crippen LogP contribution in [0.1, 0.15) is 30.6 Å². The van der Waals surface area contributed by atoms with Crippen molar-refractivity contribution in [2.45, 2.75) is 20.3 Å². The van der Waals surface area contributed by atoms with E-state index in [-0.39, 0.29) is 29.6 Å². The minimum atomic E-state index is -0.135. The molecule has 7 heteroatoms. The molecule has 3 N–H and O–H groups in total. The molecule has 0 radical (unpaired) electrons. The van der Waals surface area contributed by atoms with Crippen LogP contribution in [0.5, 0.6) is 0 Å². The topological polar surface area (TPSA) is 75.4 Å². The molecule has 120 valence electrons. The third-order valence-corrected chi connectivity index (χ3v) is 3.73. The molecule has 0 saturated heterocycles. The summed E-state index contributed by atoms with van der Waals surface area (Å²) in [6.07, 6.45) is 0.299. The van der Waals surface area contributed by atoms with Crippen LogP contribution >= 0.6 is 23.7 Å². The molecule has 0 aliphatic carbocycles. The van der Waals surface area contributed by atoms with Crippen molar-refractivity contribution >= 4 is 35.6 Å². The summed E-state index contributed by atoms with van der Waals surface area (Å²) in [5, 5.41) is 6.38. The highest BCUT2D eigenvalue weighted by molar-refractivity contribution is 7.08. The van der Waals surface area contributed by atoms with Crippen LogP contribution in [0.25, 0.3) is 0 Å². The first-order chi connectivity index (χ1) is 9.35. The van der Waals surface area contributed by atoms with E-state index in [1.165, 1.54) is 11.3 Å². The minimum Gasteiger partial charge on any atom is -0.351 e. The van der Waals surface area contributed by atoms with E-state index in [0.29, 0.717) is 31.6 Å². The maximum Gasteiger partial charge on any atom is 0.252 e. The summed E-state index contributed by atoms with van der Waals surface area (Å²) < 4.78 is 0. The average molecular weight is 334 g/mol. The Morgan fingerprint density at radius 2 is 2.10 bits per heavy atom. The Kier molecular flexibility index (Phi) is 8.54. The number of carbonyl (C=O) groups excluding carboxylic acids is 2. The van der Waals surface area contributed by atoms with Crippen molar-refractivity contribution in [1.82, 2.24) is 10.2 Å². The van der Waals surface area contributed by atoms with Crippen LogP contribution in [0.4, 0.5) is 0 Å². The molecule has 1 rings (SSSR count). The zero-order valence-corrected chi connectivity index (χ0v) is 14.4. The van der Waals surface area contributed by atoms with Gasteiger partial charge in [0.05, 0.1) is 0 Å². The van der Waals surface area contributed by atoms with Gasteiger partial charge in [0, 0.05) is 37.5 Å². The van der Waals surface area contributed by atoms with Crippen LogP contribution in [0.15, 0.2) is 16.8 Å². The number of rotatable bonds is 7. The highest BCUT2D eigenvalue weighted by atomic mass is 35.5. The number of amides is 2. The average Bonchev–Trinajstić information content (AvgIpc) is 2.91. The lowest BCUT2D eigenvalue weighted by molar-refractivity contribution is -0.130. The molecule has 2 amide bonds. The Morgan fingerprint density at radius 3 is 2.62 bits per heavy atom. The number of thiophene rings is 1. The summed E-state index contributed by atoms with van der Waals surface area (Å²) in [6.45, 7) is 5.53. The summed E-state index contributed by atoms with van der Waals surface area (Å²) >= 11 is 1.47. The van der Waals surface area contributed by atoms with E-state index < -0.39 is 0 Å². The molecule has 0 bridgehead atoms. The van der Waals surface area contributed by atoms with Crippen LogP contribution in [0.2, 0.25) is 0 Å². The number of nitrogens with two attached hydrogens (primary N) is 1. The molecule has 0 aliphatic heterocycles. The summed E-state index contributed by atoms with van der Waals surface area (Å²) in [5.41, 5.74) is 6.20. The van der Waals surface area contributed by atoms with Crippen molar-refractivity contribution < 1.29 is 9.59 Å². The highest BCUT2D eigenvalue weighted by Gasteiger charge is 2.20. The van der Waals surface area contributed by atoms with Crippen LogP contribution in [0, 0.1) is 5.41 Å². The first-order valence-electron chi connectivity index (χ1n) is 6.60. The second-order valence-corrected chi connectivity index (χ2v) is 6.42. The summed E-state index contributed by atoms with van der Waals surface area (Å²) in [5.74, 6) is -0.124. The summed E-state index contributed by atoms with van der Waals surface area (Å²) in [7, 11) is 1.76. The van der Waals surface area contributed by atoms with Crippen molar-refractivity contribution in [3.63, 3.8) is 0 Å². The zero-order chi connectivity index (χ0) is 15.2. The third kappa shape index (κ3) is 6.93. The van der Waals surface area contributed by atoms with Crippen LogP contribution in [0.3, 0.4) is 0 Å². The van der Waals surface area contributed by atoms with Gasteiger partial charge in [0.1, 0.15) is 0 Å². The Balaban J connectivity index is 0.00000400. The first-order valence-corrected chi connectivity index (χ1v) is 7.54. The van der Waals surface area contributed by atoms with E-state index >= 15 is 0 Å². The number of hydrogen-bond acceptors (Lipinski definition) is 4. The molecule has 5 nitrogen and oxygen atoms in total. The van der Waals surface area contributed by atoms with Gasteiger partial charge < -0.3 is 16.0 Å². The Hall–Kier alpha value is -1.11. The first kappa shape index (κ1) is 19.9. The van der Waals surface area contributed by atoms with Crippen LogP contribution in [-0.2, 0) is 4.79 Å². The van der Waals surface area contributed by atoms with Gasteiger partial charge in [-0.25, -0.2) is 0 Å². The fraction of sp³-hybridized carbons (Fsp3) is 0.571. The predicted molar refractivity (Wildman–Crippen MR) is 89.0 cm³/mol. The molecular weight excluding hydrogens is 310 g/mol. The number of hydrogen-bond donors (Lipinski definition) is 2. The largest absolute Gasteiger partial charge is 0.351 e. The Bertz CT molecular complexity index is 449. The predicted octanol–water partition coefficient (Wildman–Crippen LogP) is 1.73. The van der Waals surface area contributed by atoms with Crippen molar-refractivity contribution in [1.29, 1.82) is 0 Å². The van der Waals surface area contributed by atoms with Gasteiger partial charge in [0.2, 0.25) is 5.91 Å². The molecule has 0 aliphatic rings. The van der Waals surface area contributed by atoms with Gasteiger partial charge in [-0.3, -0.25) is 9.59 Å². The molecule has 0 saturated carbocycles. The van der Waals surface area contributed by atoms with Gasteiger partial charge in [-0.1, -0.05) is 13.8 Å². The molecule has 0 aromatic carbocycles. The molecule has 1 aromatic rings. The van der Waals surface area contributed by atoms with Gasteiger partial charge >= 0.3 is 0 Å². The minimum absolute atomic E-state index is 0. The van der Waals surface area contributed by atoms with Crippen molar-refractivity contribution in [2.75, 3.05) is 26.7 Å². The smallest absolute Gasteiger partial charge is 0.252 e. The van der Waals surface area contributed by atoms with E-state index in [0.717, 1.165) is 0 Å². The van der Waals surface area contributed by atoms with Gasteiger partial charge in [-0.2, -0.15) is 11.3 Å². The van der Waals surface area contributed by atoms with Gasteiger partial charge in [-0.05, 0) is 23.4 Å². The normalized spacial score (nSPS) is 10.7. The number of nitrogens with one attached hydrogen (secondary N) is 1. The maximum absolute atomic E-state index is 11.9. The van der Waals surface area contributed by atoms with Crippen LogP contribution in [-0.4, -0.2) is 43.4 Å². The molecule has 0 fully saturated rings. The summed E-state index contributed by atoms with van der Waals surface area (Å²) in [6, 6.07) is 1.76. The van der Waals surface area contributed by atoms with Gasteiger partial charge in [0.25, 0.3) is 5.91 Å². The number of halogens is 1. The van der Waals surface area contributed by atoms with E-state index in [4.69, 9.17) is 5.73 Å². The van der Waals surface area contributed by atoms with Gasteiger partial charge in [0.15, 0.2) is 0 Å². The molecule has 1 aromatic heterocycles. The number of nitrogens with zero attached hydrogens (tertiary/aromatic N) is 1. The SMILES string of the molecule is CN(CC(C)(C)CN)C(=O)CCNC(=O)c1ccsc1.Cl. The quantitative estimate of drug-likeness (QED) is 0.798. The molecule has 0 unspecified atom stereocenters. The van der Waals surface area contributed by atoms with Crippen LogP contribution < -0.4 is 11.1 Å². The Labute approximate surface area is 136 Å². The van der Waals surface area contributed by atoms with E-state index in [9.17, 15) is 9.59 Å². The second kappa shape index (κ2) is 9.02. The maximum atomic E-state index is 11.9. The number of carbonyl (C=O) groups is 2. The van der Waals surface area contributed by atoms with Crippen molar-refractivity contribution in [3.8, 4) is 0 Å². The van der Waals surface area contributed by atoms with E-state index in [2.05, 4.69) is 5.32 Å². The zero-order valence-electron chi connectivity index (χ0n) is 12.7. The summed E-state index contributed by atoms with van der Waals surface area (Å²) in [4.78, 5) is 25.3. The molecule has 1 heterocycles.